The van der Waals surface area contributed by atoms with Crippen LogP contribution in [0.25, 0.3) is 0 Å². The van der Waals surface area contributed by atoms with Crippen molar-refractivity contribution in [2.75, 3.05) is 7.11 Å². The Hall–Kier alpha value is -3.47. The van der Waals surface area contributed by atoms with Gasteiger partial charge in [-0.05, 0) is 61.0 Å². The zero-order valence-corrected chi connectivity index (χ0v) is 15.2. The Balaban J connectivity index is 1.64. The Kier molecular flexibility index (Phi) is 5.61. The molecule has 0 aliphatic carbocycles. The van der Waals surface area contributed by atoms with E-state index >= 15 is 0 Å². The molecular formula is C22H20NO4. The summed E-state index contributed by atoms with van der Waals surface area (Å²) in [5, 5.41) is 14.4. The fourth-order valence-electron chi connectivity index (χ4n) is 2.55. The third-order valence-electron chi connectivity index (χ3n) is 4.09. The van der Waals surface area contributed by atoms with Crippen molar-refractivity contribution >= 4 is 5.91 Å². The molecule has 0 heterocycles. The van der Waals surface area contributed by atoms with E-state index in [4.69, 9.17) is 9.47 Å². The molecule has 137 valence electrons. The van der Waals surface area contributed by atoms with Crippen LogP contribution in [0.3, 0.4) is 0 Å². The fraction of sp³-hybridized carbons (Fsp3) is 0.136. The number of carbonyl (C=O) groups is 1. The number of hydrogen-bond acceptors (Lipinski definition) is 3. The molecule has 0 unspecified atom stereocenters. The topological polar surface area (TPSA) is 67.5 Å². The highest BCUT2D eigenvalue weighted by atomic mass is 16.5. The number of ether oxygens (including phenoxy) is 2. The van der Waals surface area contributed by atoms with Gasteiger partial charge in [-0.15, -0.1) is 0 Å². The summed E-state index contributed by atoms with van der Waals surface area (Å²) in [7, 11) is 1.61. The standard InChI is InChI=1S/C22H20NO4/c1-15-12-20(10-11-21(15)24)27-19-5-3-4-17(13-19)22(25)23-14-16-6-8-18(26-2)9-7-16/h3-13H,14H2,1-2H3,(H,23,25). The normalized spacial score (nSPS) is 10.3. The molecule has 1 amide bonds. The smallest absolute Gasteiger partial charge is 0.251 e. The SMILES string of the molecule is COc1ccc(CNC(=O)c2cccc(Oc3ccc([O])c(C)c3)c2)cc1. The van der Waals surface area contributed by atoms with Crippen molar-refractivity contribution in [1.29, 1.82) is 0 Å². The van der Waals surface area contributed by atoms with E-state index in [9.17, 15) is 9.90 Å². The van der Waals surface area contributed by atoms with Gasteiger partial charge in [0.2, 0.25) is 0 Å². The molecule has 0 saturated heterocycles. The predicted molar refractivity (Wildman–Crippen MR) is 102 cm³/mol. The quantitative estimate of drug-likeness (QED) is 0.680. The van der Waals surface area contributed by atoms with Crippen LogP contribution in [0, 0.1) is 6.92 Å². The van der Waals surface area contributed by atoms with Crippen molar-refractivity contribution in [1.82, 2.24) is 5.32 Å². The Bertz CT molecular complexity index is 935. The molecule has 0 fully saturated rings. The third kappa shape index (κ3) is 4.79. The van der Waals surface area contributed by atoms with Gasteiger partial charge in [-0.2, -0.15) is 0 Å². The summed E-state index contributed by atoms with van der Waals surface area (Å²) in [5.41, 5.74) is 2.09. The average Bonchev–Trinajstić information content (AvgIpc) is 2.69. The second-order valence-electron chi connectivity index (χ2n) is 6.09. The summed E-state index contributed by atoms with van der Waals surface area (Å²) >= 11 is 0. The van der Waals surface area contributed by atoms with Gasteiger partial charge in [0.05, 0.1) is 7.11 Å². The van der Waals surface area contributed by atoms with Crippen molar-refractivity contribution in [3.05, 3.63) is 83.4 Å². The summed E-state index contributed by atoms with van der Waals surface area (Å²) < 4.78 is 10.9. The molecule has 5 heteroatoms. The molecule has 0 aliphatic rings. The third-order valence-corrected chi connectivity index (χ3v) is 4.09. The molecule has 0 aromatic heterocycles. The lowest BCUT2D eigenvalue weighted by Crippen LogP contribution is -2.22. The number of carbonyl (C=O) groups excluding carboxylic acids is 1. The molecule has 3 rings (SSSR count). The van der Waals surface area contributed by atoms with E-state index in [0.717, 1.165) is 11.3 Å². The zero-order valence-electron chi connectivity index (χ0n) is 15.2. The van der Waals surface area contributed by atoms with E-state index in [1.54, 1.807) is 50.4 Å². The Labute approximate surface area is 158 Å². The van der Waals surface area contributed by atoms with Crippen LogP contribution in [-0.2, 0) is 11.7 Å². The first-order chi connectivity index (χ1) is 13.0. The molecule has 5 nitrogen and oxygen atoms in total. The van der Waals surface area contributed by atoms with E-state index < -0.39 is 0 Å². The maximum absolute atomic E-state index is 12.4. The van der Waals surface area contributed by atoms with Crippen LogP contribution in [0.4, 0.5) is 0 Å². The molecule has 1 radical (unpaired) electrons. The molecule has 0 saturated carbocycles. The second kappa shape index (κ2) is 8.27. The highest BCUT2D eigenvalue weighted by Gasteiger charge is 2.08. The molecule has 3 aromatic carbocycles. The molecule has 27 heavy (non-hydrogen) atoms. The maximum Gasteiger partial charge on any atom is 0.251 e. The number of nitrogens with one attached hydrogen (secondary N) is 1. The molecule has 1 N–H and O–H groups in total. The van der Waals surface area contributed by atoms with E-state index in [1.807, 2.05) is 24.3 Å². The predicted octanol–water partition coefficient (Wildman–Crippen LogP) is 4.87. The monoisotopic (exact) mass is 362 g/mol. The number of rotatable bonds is 6. The summed E-state index contributed by atoms with van der Waals surface area (Å²) in [4.78, 5) is 12.4. The summed E-state index contributed by atoms with van der Waals surface area (Å²) in [6, 6.07) is 19.2. The van der Waals surface area contributed by atoms with Gasteiger partial charge < -0.3 is 14.8 Å². The number of aryl methyl sites for hydroxylation is 1. The van der Waals surface area contributed by atoms with E-state index in [-0.39, 0.29) is 11.7 Å². The van der Waals surface area contributed by atoms with Crippen molar-refractivity contribution in [3.8, 4) is 23.0 Å². The summed E-state index contributed by atoms with van der Waals surface area (Å²) in [5.74, 6) is 1.64. The first kappa shape index (κ1) is 18.3. The number of hydrogen-bond donors (Lipinski definition) is 1. The zero-order chi connectivity index (χ0) is 19.2. The lowest BCUT2D eigenvalue weighted by Gasteiger charge is -2.09. The second-order valence-corrected chi connectivity index (χ2v) is 6.09. The molecule has 0 atom stereocenters. The van der Waals surface area contributed by atoms with Crippen molar-refractivity contribution < 1.29 is 19.4 Å². The van der Waals surface area contributed by atoms with Crippen molar-refractivity contribution in [2.45, 2.75) is 13.5 Å². The first-order valence-electron chi connectivity index (χ1n) is 8.52. The van der Waals surface area contributed by atoms with Crippen LogP contribution >= 0.6 is 0 Å². The van der Waals surface area contributed by atoms with Crippen LogP contribution in [-0.4, -0.2) is 13.0 Å². The number of amides is 1. The lowest BCUT2D eigenvalue weighted by molar-refractivity contribution is 0.0950. The minimum Gasteiger partial charge on any atom is -0.497 e. The van der Waals surface area contributed by atoms with E-state index in [0.29, 0.717) is 29.2 Å². The average molecular weight is 362 g/mol. The maximum atomic E-state index is 12.4. The summed E-state index contributed by atoms with van der Waals surface area (Å²) in [6.45, 7) is 2.15. The van der Waals surface area contributed by atoms with Gasteiger partial charge in [-0.3, -0.25) is 9.90 Å². The van der Waals surface area contributed by atoms with Gasteiger partial charge in [0.25, 0.3) is 5.91 Å². The molecule has 0 spiro atoms. The molecule has 0 bridgehead atoms. The Morgan fingerprint density at radius 2 is 1.63 bits per heavy atom. The van der Waals surface area contributed by atoms with Gasteiger partial charge in [0, 0.05) is 17.7 Å². The number of benzene rings is 3. The van der Waals surface area contributed by atoms with Crippen LogP contribution < -0.4 is 14.8 Å². The van der Waals surface area contributed by atoms with E-state index in [2.05, 4.69) is 5.32 Å². The fourth-order valence-corrected chi connectivity index (χ4v) is 2.55. The molecule has 0 aliphatic heterocycles. The van der Waals surface area contributed by atoms with E-state index in [1.165, 1.54) is 6.07 Å². The molecular weight excluding hydrogens is 342 g/mol. The highest BCUT2D eigenvalue weighted by molar-refractivity contribution is 5.94. The summed E-state index contributed by atoms with van der Waals surface area (Å²) in [6.07, 6.45) is 0. The van der Waals surface area contributed by atoms with Gasteiger partial charge in [0.1, 0.15) is 17.2 Å². The van der Waals surface area contributed by atoms with Crippen LogP contribution in [0.15, 0.2) is 66.7 Å². The minimum absolute atomic E-state index is 0.0333. The Morgan fingerprint density at radius 1 is 0.926 bits per heavy atom. The van der Waals surface area contributed by atoms with Crippen LogP contribution in [0.5, 0.6) is 23.0 Å². The van der Waals surface area contributed by atoms with Gasteiger partial charge in [-0.25, -0.2) is 0 Å². The van der Waals surface area contributed by atoms with Crippen LogP contribution in [0.2, 0.25) is 0 Å². The number of methoxy groups -OCH3 is 1. The lowest BCUT2D eigenvalue weighted by atomic mass is 10.1. The largest absolute Gasteiger partial charge is 0.497 e. The van der Waals surface area contributed by atoms with Gasteiger partial charge in [0.15, 0.2) is 5.75 Å². The first-order valence-corrected chi connectivity index (χ1v) is 8.52. The van der Waals surface area contributed by atoms with Crippen molar-refractivity contribution in [2.24, 2.45) is 0 Å². The Morgan fingerprint density at radius 3 is 2.33 bits per heavy atom. The highest BCUT2D eigenvalue weighted by Crippen LogP contribution is 2.27. The van der Waals surface area contributed by atoms with Gasteiger partial charge >= 0.3 is 0 Å². The van der Waals surface area contributed by atoms with Crippen molar-refractivity contribution in [3.63, 3.8) is 0 Å². The van der Waals surface area contributed by atoms with Gasteiger partial charge in [-0.1, -0.05) is 18.2 Å². The van der Waals surface area contributed by atoms with Crippen LogP contribution in [0.1, 0.15) is 21.5 Å². The molecule has 3 aromatic rings. The minimum atomic E-state index is -0.192.